The number of carbonyl (C=O) groups excluding carboxylic acids is 1. The molecule has 1 aliphatic carbocycles. The van der Waals surface area contributed by atoms with Crippen LogP contribution in [0, 0.1) is 0 Å². The van der Waals surface area contributed by atoms with Crippen LogP contribution in [0.1, 0.15) is 53.4 Å². The number of fused-ring (bicyclic) bond motifs is 1. The minimum Gasteiger partial charge on any atom is -0.366 e. The Hall–Kier alpha value is -0.890. The van der Waals surface area contributed by atoms with E-state index in [1.54, 1.807) is 0 Å². The van der Waals surface area contributed by atoms with Gasteiger partial charge in [0.2, 0.25) is 0 Å². The van der Waals surface area contributed by atoms with E-state index in [2.05, 4.69) is 19.9 Å². The van der Waals surface area contributed by atoms with Crippen molar-refractivity contribution in [3.63, 3.8) is 0 Å². The largest absolute Gasteiger partial charge is 0.366 e. The molecule has 17 heavy (non-hydrogen) atoms. The number of hydrogen-bond donors (Lipinski definition) is 0. The highest BCUT2D eigenvalue weighted by molar-refractivity contribution is 5.97. The van der Waals surface area contributed by atoms with E-state index in [9.17, 15) is 4.79 Å². The first-order chi connectivity index (χ1) is 7.92. The van der Waals surface area contributed by atoms with Crippen LogP contribution in [-0.4, -0.2) is 17.5 Å². The molecule has 1 fully saturated rings. The van der Waals surface area contributed by atoms with E-state index in [1.165, 1.54) is 5.57 Å². The number of rotatable bonds is 0. The number of epoxide rings is 1. The van der Waals surface area contributed by atoms with Crippen molar-refractivity contribution in [1.82, 2.24) is 0 Å². The van der Waals surface area contributed by atoms with Crippen LogP contribution in [0.2, 0.25) is 0 Å². The standard InChI is InChI=1S/C15H22O2/c1-10(2)12-7-5-11(3)6-8-14-15(4,17-14)9-13(12)16/h5,14H,6-9H2,1-4H3. The smallest absolute Gasteiger partial charge is 0.162 e. The molecule has 1 saturated heterocycles. The van der Waals surface area contributed by atoms with Gasteiger partial charge >= 0.3 is 0 Å². The molecule has 0 saturated carbocycles. The van der Waals surface area contributed by atoms with Gasteiger partial charge in [0.15, 0.2) is 5.78 Å². The van der Waals surface area contributed by atoms with Crippen molar-refractivity contribution < 1.29 is 9.53 Å². The van der Waals surface area contributed by atoms with E-state index < -0.39 is 0 Å². The van der Waals surface area contributed by atoms with Crippen molar-refractivity contribution in [1.29, 1.82) is 0 Å². The van der Waals surface area contributed by atoms with Crippen LogP contribution >= 0.6 is 0 Å². The maximum atomic E-state index is 12.3. The molecular weight excluding hydrogens is 212 g/mol. The Labute approximate surface area is 104 Å². The lowest BCUT2D eigenvalue weighted by atomic mass is 9.89. The van der Waals surface area contributed by atoms with Gasteiger partial charge in [0, 0.05) is 6.42 Å². The van der Waals surface area contributed by atoms with Crippen molar-refractivity contribution >= 4 is 5.78 Å². The van der Waals surface area contributed by atoms with Gasteiger partial charge < -0.3 is 4.74 Å². The van der Waals surface area contributed by atoms with Crippen LogP contribution < -0.4 is 0 Å². The molecule has 2 heteroatoms. The molecule has 2 atom stereocenters. The normalized spacial score (nSPS) is 33.9. The van der Waals surface area contributed by atoms with Crippen LogP contribution in [0.4, 0.5) is 0 Å². The molecule has 2 unspecified atom stereocenters. The summed E-state index contributed by atoms with van der Waals surface area (Å²) in [4.78, 5) is 12.3. The lowest BCUT2D eigenvalue weighted by molar-refractivity contribution is -0.116. The number of allylic oxidation sites excluding steroid dienone is 4. The SMILES string of the molecule is CC1=CCC(=C(C)C)C(=O)CC2(C)OC2CC1. The summed E-state index contributed by atoms with van der Waals surface area (Å²) in [6.07, 6.45) is 5.96. The number of hydrogen-bond acceptors (Lipinski definition) is 2. The summed E-state index contributed by atoms with van der Waals surface area (Å²) in [5.74, 6) is 0.265. The van der Waals surface area contributed by atoms with E-state index in [-0.39, 0.29) is 17.5 Å². The van der Waals surface area contributed by atoms with Gasteiger partial charge in [-0.1, -0.05) is 17.2 Å². The van der Waals surface area contributed by atoms with Crippen LogP contribution in [0.25, 0.3) is 0 Å². The summed E-state index contributed by atoms with van der Waals surface area (Å²) in [6, 6.07) is 0. The van der Waals surface area contributed by atoms with Gasteiger partial charge in [0.05, 0.1) is 11.7 Å². The Morgan fingerprint density at radius 2 is 2.18 bits per heavy atom. The molecule has 0 aromatic carbocycles. The van der Waals surface area contributed by atoms with Gasteiger partial charge in [-0.3, -0.25) is 4.79 Å². The molecular formula is C15H22O2. The molecule has 0 aromatic rings. The fourth-order valence-corrected chi connectivity index (χ4v) is 2.57. The van der Waals surface area contributed by atoms with E-state index in [4.69, 9.17) is 4.74 Å². The van der Waals surface area contributed by atoms with Crippen LogP contribution in [0.3, 0.4) is 0 Å². The molecule has 94 valence electrons. The van der Waals surface area contributed by atoms with Gasteiger partial charge in [0.1, 0.15) is 0 Å². The summed E-state index contributed by atoms with van der Waals surface area (Å²) in [6.45, 7) is 8.26. The zero-order valence-corrected chi connectivity index (χ0v) is 11.3. The summed E-state index contributed by atoms with van der Waals surface area (Å²) in [5, 5.41) is 0. The van der Waals surface area contributed by atoms with E-state index in [0.717, 1.165) is 30.4 Å². The number of ether oxygens (including phenoxy) is 1. The van der Waals surface area contributed by atoms with Gasteiger partial charge in [-0.05, 0) is 52.5 Å². The monoisotopic (exact) mass is 234 g/mol. The fourth-order valence-electron chi connectivity index (χ4n) is 2.57. The maximum absolute atomic E-state index is 12.3. The molecule has 0 bridgehead atoms. The number of ketones is 1. The minimum absolute atomic E-state index is 0.185. The third-order valence-electron chi connectivity index (χ3n) is 3.94. The Bertz CT molecular complexity index is 399. The lowest BCUT2D eigenvalue weighted by Gasteiger charge is -2.12. The molecule has 0 amide bonds. The minimum atomic E-state index is -0.185. The summed E-state index contributed by atoms with van der Waals surface area (Å²) in [7, 11) is 0. The second-order valence-electron chi connectivity index (χ2n) is 5.79. The Balaban J connectivity index is 2.25. The average Bonchev–Trinajstić information content (AvgIpc) is 2.85. The molecule has 0 N–H and O–H groups in total. The van der Waals surface area contributed by atoms with Crippen molar-refractivity contribution in [2.75, 3.05) is 0 Å². The Morgan fingerprint density at radius 1 is 1.47 bits per heavy atom. The zero-order valence-electron chi connectivity index (χ0n) is 11.3. The van der Waals surface area contributed by atoms with Gasteiger partial charge in [-0.15, -0.1) is 0 Å². The van der Waals surface area contributed by atoms with E-state index >= 15 is 0 Å². The molecule has 0 aromatic heterocycles. The van der Waals surface area contributed by atoms with Crippen molar-refractivity contribution in [2.45, 2.75) is 65.1 Å². The third-order valence-corrected chi connectivity index (χ3v) is 3.94. The molecule has 2 nitrogen and oxygen atoms in total. The molecule has 1 aliphatic heterocycles. The molecule has 1 heterocycles. The maximum Gasteiger partial charge on any atom is 0.162 e. The highest BCUT2D eigenvalue weighted by Crippen LogP contribution is 2.44. The van der Waals surface area contributed by atoms with Crippen molar-refractivity contribution in [3.05, 3.63) is 22.8 Å². The van der Waals surface area contributed by atoms with Crippen LogP contribution in [-0.2, 0) is 9.53 Å². The van der Waals surface area contributed by atoms with Crippen LogP contribution in [0.5, 0.6) is 0 Å². The van der Waals surface area contributed by atoms with Crippen LogP contribution in [0.15, 0.2) is 22.8 Å². The lowest BCUT2D eigenvalue weighted by Crippen LogP contribution is -2.19. The summed E-state index contributed by atoms with van der Waals surface area (Å²) >= 11 is 0. The second-order valence-corrected chi connectivity index (χ2v) is 5.79. The first-order valence-electron chi connectivity index (χ1n) is 6.45. The zero-order chi connectivity index (χ0) is 12.6. The fraction of sp³-hybridized carbons (Fsp3) is 0.667. The summed E-state index contributed by atoms with van der Waals surface area (Å²) < 4.78 is 5.71. The molecule has 0 spiro atoms. The predicted molar refractivity (Wildman–Crippen MR) is 68.9 cm³/mol. The van der Waals surface area contributed by atoms with Gasteiger partial charge in [-0.2, -0.15) is 0 Å². The average molecular weight is 234 g/mol. The first-order valence-corrected chi connectivity index (χ1v) is 6.45. The highest BCUT2D eigenvalue weighted by atomic mass is 16.6. The van der Waals surface area contributed by atoms with E-state index in [0.29, 0.717) is 6.42 Å². The Kier molecular flexibility index (Phi) is 3.26. The topological polar surface area (TPSA) is 29.6 Å². The van der Waals surface area contributed by atoms with Crippen molar-refractivity contribution in [3.8, 4) is 0 Å². The highest BCUT2D eigenvalue weighted by Gasteiger charge is 2.52. The molecule has 2 rings (SSSR count). The summed E-state index contributed by atoms with van der Waals surface area (Å²) in [5.41, 5.74) is 3.30. The van der Waals surface area contributed by atoms with Crippen molar-refractivity contribution in [2.24, 2.45) is 0 Å². The third kappa shape index (κ3) is 2.68. The van der Waals surface area contributed by atoms with Gasteiger partial charge in [-0.25, -0.2) is 0 Å². The first kappa shape index (κ1) is 12.6. The van der Waals surface area contributed by atoms with Gasteiger partial charge in [0.25, 0.3) is 0 Å². The second kappa shape index (κ2) is 4.41. The number of carbonyl (C=O) groups is 1. The quantitative estimate of drug-likeness (QED) is 0.364. The Morgan fingerprint density at radius 3 is 2.82 bits per heavy atom. The number of Topliss-reactive ketones (excluding diaryl/α,β-unsaturated/α-hetero) is 1. The molecule has 2 aliphatic rings. The van der Waals surface area contributed by atoms with E-state index in [1.807, 2.05) is 13.8 Å². The molecule has 0 radical (unpaired) electrons. The predicted octanol–water partition coefficient (Wildman–Crippen LogP) is 3.57.